The van der Waals surface area contributed by atoms with Gasteiger partial charge in [0.2, 0.25) is 0 Å². The molecule has 0 N–H and O–H groups in total. The third kappa shape index (κ3) is 3.79. The first-order chi connectivity index (χ1) is 16.8. The number of ether oxygens (including phenoxy) is 1. The lowest BCUT2D eigenvalue weighted by molar-refractivity contribution is 0.0600. The number of methoxy groups -OCH3 is 1. The SMILES string of the molecule is COC(=O)c1ccc(-c2c(C(C)(C)CC#N)n(-c3ccc(F)cc3)c3cc4c(cc23)CN=C4)cc1. The van der Waals surface area contributed by atoms with Crippen LogP contribution in [0.2, 0.25) is 0 Å². The van der Waals surface area contributed by atoms with Gasteiger partial charge in [0, 0.05) is 40.4 Å². The second-order valence-corrected chi connectivity index (χ2v) is 9.36. The molecular formula is C29H24FN3O2. The van der Waals surface area contributed by atoms with Crippen molar-refractivity contribution >= 4 is 23.1 Å². The molecule has 0 atom stereocenters. The average Bonchev–Trinajstić information content (AvgIpc) is 3.45. The fraction of sp³-hybridized carbons (Fsp3) is 0.207. The van der Waals surface area contributed by atoms with Crippen LogP contribution in [0.1, 0.15) is 47.4 Å². The van der Waals surface area contributed by atoms with E-state index in [-0.39, 0.29) is 5.82 Å². The largest absolute Gasteiger partial charge is 0.465 e. The topological polar surface area (TPSA) is 67.4 Å². The Balaban J connectivity index is 1.89. The van der Waals surface area contributed by atoms with Gasteiger partial charge in [-0.05, 0) is 65.2 Å². The minimum Gasteiger partial charge on any atom is -0.465 e. The molecule has 0 radical (unpaired) electrons. The molecule has 0 saturated heterocycles. The van der Waals surface area contributed by atoms with Crippen molar-refractivity contribution in [3.05, 3.63) is 88.9 Å². The maximum absolute atomic E-state index is 13.8. The summed E-state index contributed by atoms with van der Waals surface area (Å²) in [6.07, 6.45) is 2.17. The monoisotopic (exact) mass is 465 g/mol. The van der Waals surface area contributed by atoms with Crippen molar-refractivity contribution < 1.29 is 13.9 Å². The predicted octanol–water partition coefficient (Wildman–Crippen LogP) is 6.35. The van der Waals surface area contributed by atoms with Crippen molar-refractivity contribution in [3.8, 4) is 22.9 Å². The van der Waals surface area contributed by atoms with Gasteiger partial charge >= 0.3 is 5.97 Å². The molecule has 0 unspecified atom stereocenters. The van der Waals surface area contributed by atoms with E-state index in [0.29, 0.717) is 18.5 Å². The Labute approximate surface area is 203 Å². The van der Waals surface area contributed by atoms with E-state index in [0.717, 1.165) is 44.5 Å². The van der Waals surface area contributed by atoms with Crippen LogP contribution in [0.5, 0.6) is 0 Å². The molecule has 35 heavy (non-hydrogen) atoms. The Morgan fingerprint density at radius 3 is 2.51 bits per heavy atom. The highest BCUT2D eigenvalue weighted by Gasteiger charge is 2.32. The third-order valence-electron chi connectivity index (χ3n) is 6.56. The van der Waals surface area contributed by atoms with Crippen molar-refractivity contribution in [2.45, 2.75) is 32.2 Å². The number of halogens is 1. The first-order valence-corrected chi connectivity index (χ1v) is 11.4. The molecule has 0 saturated carbocycles. The van der Waals surface area contributed by atoms with E-state index in [1.165, 1.54) is 19.2 Å². The Morgan fingerprint density at radius 1 is 1.14 bits per heavy atom. The first-order valence-electron chi connectivity index (χ1n) is 11.4. The fourth-order valence-corrected chi connectivity index (χ4v) is 4.86. The van der Waals surface area contributed by atoms with Crippen molar-refractivity contribution in [2.24, 2.45) is 4.99 Å². The zero-order valence-corrected chi connectivity index (χ0v) is 19.8. The van der Waals surface area contributed by atoms with Crippen LogP contribution in [0.3, 0.4) is 0 Å². The first kappa shape index (κ1) is 22.5. The molecule has 1 aromatic heterocycles. The van der Waals surface area contributed by atoms with E-state index in [1.54, 1.807) is 24.3 Å². The standard InChI is InChI=1S/C29H24FN3O2/c1-29(2,12-13-31)27-26(18-4-6-19(7-5-18)28(34)35-3)24-14-20-16-32-17-21(20)15-25(24)33(27)23-10-8-22(30)9-11-23/h4-11,14-15,17H,12,16H2,1-3H3. The summed E-state index contributed by atoms with van der Waals surface area (Å²) in [7, 11) is 1.36. The van der Waals surface area contributed by atoms with E-state index in [1.807, 2.05) is 32.2 Å². The summed E-state index contributed by atoms with van der Waals surface area (Å²) < 4.78 is 20.8. The molecule has 0 aliphatic carbocycles. The number of nitriles is 1. The van der Waals surface area contributed by atoms with Crippen LogP contribution in [0, 0.1) is 17.1 Å². The molecule has 2 heterocycles. The molecule has 0 bridgehead atoms. The van der Waals surface area contributed by atoms with Gasteiger partial charge in [-0.2, -0.15) is 5.26 Å². The van der Waals surface area contributed by atoms with Crippen LogP contribution in [0.4, 0.5) is 4.39 Å². The average molecular weight is 466 g/mol. The molecule has 6 heteroatoms. The van der Waals surface area contributed by atoms with Crippen LogP contribution in [0.25, 0.3) is 27.7 Å². The molecule has 1 aliphatic heterocycles. The zero-order chi connectivity index (χ0) is 24.7. The second-order valence-electron chi connectivity index (χ2n) is 9.36. The summed E-state index contributed by atoms with van der Waals surface area (Å²) >= 11 is 0. The van der Waals surface area contributed by atoms with E-state index < -0.39 is 11.4 Å². The number of rotatable bonds is 5. The Morgan fingerprint density at radius 2 is 1.86 bits per heavy atom. The normalized spacial score (nSPS) is 12.5. The summed E-state index contributed by atoms with van der Waals surface area (Å²) in [5.41, 5.74) is 6.73. The van der Waals surface area contributed by atoms with Gasteiger partial charge in [0.05, 0.1) is 30.8 Å². The molecule has 0 spiro atoms. The lowest BCUT2D eigenvalue weighted by Crippen LogP contribution is -2.21. The number of carbonyl (C=O) groups is 1. The predicted molar refractivity (Wildman–Crippen MR) is 135 cm³/mol. The molecule has 1 aliphatic rings. The summed E-state index contributed by atoms with van der Waals surface area (Å²) in [5.74, 6) is -0.708. The third-order valence-corrected chi connectivity index (χ3v) is 6.56. The number of aliphatic imine (C=N–C) groups is 1. The van der Waals surface area contributed by atoms with Gasteiger partial charge in [0.1, 0.15) is 5.82 Å². The highest BCUT2D eigenvalue weighted by atomic mass is 19.1. The Bertz CT molecular complexity index is 1520. The lowest BCUT2D eigenvalue weighted by Gasteiger charge is -2.26. The molecule has 0 amide bonds. The number of hydrogen-bond donors (Lipinski definition) is 0. The minimum absolute atomic E-state index is 0.291. The van der Waals surface area contributed by atoms with Crippen LogP contribution in [-0.2, 0) is 16.7 Å². The smallest absolute Gasteiger partial charge is 0.337 e. The van der Waals surface area contributed by atoms with Gasteiger partial charge < -0.3 is 9.30 Å². The molecular weight excluding hydrogens is 441 g/mol. The molecule has 0 fully saturated rings. The minimum atomic E-state index is -0.531. The molecule has 5 nitrogen and oxygen atoms in total. The summed E-state index contributed by atoms with van der Waals surface area (Å²) in [4.78, 5) is 16.5. The highest BCUT2D eigenvalue weighted by molar-refractivity contribution is 6.04. The molecule has 5 rings (SSSR count). The van der Waals surface area contributed by atoms with Gasteiger partial charge in [-0.1, -0.05) is 26.0 Å². The van der Waals surface area contributed by atoms with Crippen LogP contribution >= 0.6 is 0 Å². The summed E-state index contributed by atoms with van der Waals surface area (Å²) in [6, 6.07) is 20.3. The van der Waals surface area contributed by atoms with Crippen molar-refractivity contribution in [2.75, 3.05) is 7.11 Å². The van der Waals surface area contributed by atoms with E-state index in [9.17, 15) is 14.4 Å². The van der Waals surface area contributed by atoms with E-state index >= 15 is 0 Å². The van der Waals surface area contributed by atoms with Crippen molar-refractivity contribution in [3.63, 3.8) is 0 Å². The maximum Gasteiger partial charge on any atom is 0.337 e. The Hall–Kier alpha value is -4.24. The van der Waals surface area contributed by atoms with Crippen LogP contribution < -0.4 is 0 Å². The van der Waals surface area contributed by atoms with Gasteiger partial charge in [-0.15, -0.1) is 0 Å². The van der Waals surface area contributed by atoms with Crippen LogP contribution in [-0.4, -0.2) is 23.9 Å². The highest BCUT2D eigenvalue weighted by Crippen LogP contribution is 2.45. The number of esters is 1. The summed E-state index contributed by atoms with van der Waals surface area (Å²) in [6.45, 7) is 4.71. The van der Waals surface area contributed by atoms with Crippen molar-refractivity contribution in [1.29, 1.82) is 5.26 Å². The van der Waals surface area contributed by atoms with Gasteiger partial charge in [0.15, 0.2) is 0 Å². The van der Waals surface area contributed by atoms with Gasteiger partial charge in [-0.25, -0.2) is 9.18 Å². The number of carbonyl (C=O) groups excluding carboxylic acids is 1. The quantitative estimate of drug-likeness (QED) is 0.323. The zero-order valence-electron chi connectivity index (χ0n) is 19.8. The number of nitrogens with zero attached hydrogens (tertiary/aromatic N) is 3. The van der Waals surface area contributed by atoms with Gasteiger partial charge in [-0.3, -0.25) is 4.99 Å². The maximum atomic E-state index is 13.8. The number of benzene rings is 3. The van der Waals surface area contributed by atoms with E-state index in [2.05, 4.69) is 27.8 Å². The number of aromatic nitrogens is 1. The number of hydrogen-bond acceptors (Lipinski definition) is 4. The van der Waals surface area contributed by atoms with Gasteiger partial charge in [0.25, 0.3) is 0 Å². The summed E-state index contributed by atoms with van der Waals surface area (Å²) in [5, 5.41) is 10.7. The van der Waals surface area contributed by atoms with E-state index in [4.69, 9.17) is 4.74 Å². The van der Waals surface area contributed by atoms with Crippen molar-refractivity contribution in [1.82, 2.24) is 4.57 Å². The Kier molecular flexibility index (Phi) is 5.49. The molecule has 4 aromatic rings. The van der Waals surface area contributed by atoms with Crippen LogP contribution in [0.15, 0.2) is 65.7 Å². The molecule has 174 valence electrons. The number of fused-ring (bicyclic) bond motifs is 2. The lowest BCUT2D eigenvalue weighted by atomic mass is 9.81. The fourth-order valence-electron chi connectivity index (χ4n) is 4.86. The molecule has 3 aromatic carbocycles. The second kappa shape index (κ2) is 8.52.